The van der Waals surface area contributed by atoms with E-state index < -0.39 is 12.0 Å². The lowest BCUT2D eigenvalue weighted by Crippen LogP contribution is -2.52. The summed E-state index contributed by atoms with van der Waals surface area (Å²) in [7, 11) is 0. The molecule has 0 spiro atoms. The normalized spacial score (nSPS) is 22.6. The zero-order valence-electron chi connectivity index (χ0n) is 11.8. The smallest absolute Gasteiger partial charge is 0.326 e. The number of hydrogen-bond acceptors (Lipinski definition) is 3. The van der Waals surface area contributed by atoms with E-state index in [1.165, 1.54) is 4.90 Å². The molecule has 2 rings (SSSR count). The van der Waals surface area contributed by atoms with Crippen LogP contribution in [0.15, 0.2) is 18.2 Å². The molecule has 2 unspecified atom stereocenters. The van der Waals surface area contributed by atoms with Crippen LogP contribution in [0.5, 0.6) is 0 Å². The van der Waals surface area contributed by atoms with E-state index in [2.05, 4.69) is 0 Å². The summed E-state index contributed by atoms with van der Waals surface area (Å²) < 4.78 is 0. The highest BCUT2D eigenvalue weighted by atomic mass is 16.4. The van der Waals surface area contributed by atoms with Crippen molar-refractivity contribution < 1.29 is 14.7 Å². The fourth-order valence-electron chi connectivity index (χ4n) is 2.80. The van der Waals surface area contributed by atoms with Crippen LogP contribution in [0.2, 0.25) is 0 Å². The van der Waals surface area contributed by atoms with Gasteiger partial charge in [0.2, 0.25) is 0 Å². The third-order valence-corrected chi connectivity index (χ3v) is 3.89. The molecule has 1 aliphatic heterocycles. The first kappa shape index (κ1) is 14.4. The highest BCUT2D eigenvalue weighted by molar-refractivity contribution is 6.01. The summed E-state index contributed by atoms with van der Waals surface area (Å²) in [6, 6.07) is 4.47. The van der Waals surface area contributed by atoms with Crippen LogP contribution in [0.3, 0.4) is 0 Å². The zero-order chi connectivity index (χ0) is 14.9. The number of hydrogen-bond donors (Lipinski definition) is 2. The summed E-state index contributed by atoms with van der Waals surface area (Å²) >= 11 is 0. The lowest BCUT2D eigenvalue weighted by atomic mass is 9.90. The number of aryl methyl sites for hydroxylation is 1. The van der Waals surface area contributed by atoms with E-state index >= 15 is 0 Å². The fourth-order valence-corrected chi connectivity index (χ4v) is 2.80. The van der Waals surface area contributed by atoms with Gasteiger partial charge < -0.3 is 15.7 Å². The van der Waals surface area contributed by atoms with Crippen LogP contribution in [-0.4, -0.2) is 34.5 Å². The van der Waals surface area contributed by atoms with Gasteiger partial charge in [0, 0.05) is 12.2 Å². The van der Waals surface area contributed by atoms with Gasteiger partial charge in [-0.3, -0.25) is 4.79 Å². The maximum absolute atomic E-state index is 12.6. The molecule has 5 nitrogen and oxygen atoms in total. The van der Waals surface area contributed by atoms with Crippen molar-refractivity contribution in [3.8, 4) is 0 Å². The number of aliphatic carboxylic acids is 1. The predicted molar refractivity (Wildman–Crippen MR) is 76.4 cm³/mol. The molecule has 0 radical (unpaired) electrons. The van der Waals surface area contributed by atoms with Crippen molar-refractivity contribution >= 4 is 17.6 Å². The van der Waals surface area contributed by atoms with E-state index in [4.69, 9.17) is 5.73 Å². The average molecular weight is 276 g/mol. The Kier molecular flexibility index (Phi) is 3.97. The lowest BCUT2D eigenvalue weighted by molar-refractivity contribution is -0.145. The van der Waals surface area contributed by atoms with Crippen LogP contribution in [0.25, 0.3) is 0 Å². The van der Waals surface area contributed by atoms with Gasteiger partial charge in [-0.15, -0.1) is 0 Å². The molecule has 1 saturated heterocycles. The molecule has 108 valence electrons. The number of amides is 1. The molecule has 0 aromatic heterocycles. The molecule has 1 heterocycles. The molecule has 0 bridgehead atoms. The second kappa shape index (κ2) is 5.53. The van der Waals surface area contributed by atoms with Gasteiger partial charge in [-0.25, -0.2) is 4.79 Å². The largest absolute Gasteiger partial charge is 0.480 e. The Morgan fingerprint density at radius 3 is 2.75 bits per heavy atom. The number of carbonyl (C=O) groups is 2. The number of carboxylic acids is 1. The van der Waals surface area contributed by atoms with E-state index in [1.807, 2.05) is 19.9 Å². The number of nitrogens with two attached hydrogens (primary N) is 1. The Balaban J connectivity index is 2.35. The Morgan fingerprint density at radius 1 is 1.40 bits per heavy atom. The monoisotopic (exact) mass is 276 g/mol. The third-order valence-electron chi connectivity index (χ3n) is 3.89. The molecule has 20 heavy (non-hydrogen) atoms. The molecular formula is C15H20N2O3. The molecule has 1 fully saturated rings. The Hall–Kier alpha value is -2.04. The number of carboxylic acid groups (broad SMARTS) is 1. The first-order valence-corrected chi connectivity index (χ1v) is 6.81. The van der Waals surface area contributed by atoms with Gasteiger partial charge in [0.25, 0.3) is 5.91 Å². The molecule has 5 heteroatoms. The first-order valence-electron chi connectivity index (χ1n) is 6.81. The highest BCUT2D eigenvalue weighted by Crippen LogP contribution is 2.26. The average Bonchev–Trinajstić information content (AvgIpc) is 2.40. The van der Waals surface area contributed by atoms with Crippen molar-refractivity contribution in [3.63, 3.8) is 0 Å². The molecule has 2 atom stereocenters. The molecule has 0 aliphatic carbocycles. The van der Waals surface area contributed by atoms with Crippen molar-refractivity contribution in [2.45, 2.75) is 32.7 Å². The van der Waals surface area contributed by atoms with E-state index in [9.17, 15) is 14.7 Å². The molecule has 1 aromatic carbocycles. The second-order valence-corrected chi connectivity index (χ2v) is 5.49. The van der Waals surface area contributed by atoms with Gasteiger partial charge in [-0.05, 0) is 37.8 Å². The molecule has 1 amide bonds. The highest BCUT2D eigenvalue weighted by Gasteiger charge is 2.37. The van der Waals surface area contributed by atoms with Gasteiger partial charge in [-0.2, -0.15) is 0 Å². The van der Waals surface area contributed by atoms with E-state index in [0.29, 0.717) is 17.8 Å². The van der Waals surface area contributed by atoms with Crippen LogP contribution >= 0.6 is 0 Å². The number of anilines is 1. The summed E-state index contributed by atoms with van der Waals surface area (Å²) in [5.41, 5.74) is 7.57. The van der Waals surface area contributed by atoms with Crippen molar-refractivity contribution in [1.29, 1.82) is 0 Å². The quantitative estimate of drug-likeness (QED) is 0.808. The van der Waals surface area contributed by atoms with Gasteiger partial charge in [0.15, 0.2) is 0 Å². The number of nitrogens with zero attached hydrogens (tertiary/aromatic N) is 1. The topological polar surface area (TPSA) is 83.6 Å². The summed E-state index contributed by atoms with van der Waals surface area (Å²) in [4.78, 5) is 25.5. The van der Waals surface area contributed by atoms with Gasteiger partial charge >= 0.3 is 5.97 Å². The van der Waals surface area contributed by atoms with Crippen LogP contribution in [0.1, 0.15) is 35.7 Å². The Bertz CT molecular complexity index is 542. The molecule has 0 saturated carbocycles. The minimum absolute atomic E-state index is 0.0452. The maximum Gasteiger partial charge on any atom is 0.326 e. The minimum Gasteiger partial charge on any atom is -0.480 e. The van der Waals surface area contributed by atoms with Crippen LogP contribution in [0.4, 0.5) is 5.69 Å². The SMILES string of the molecule is Cc1ccc(N)c(C(=O)N2CCCC(C)C2C(=O)O)c1. The number of benzene rings is 1. The Morgan fingerprint density at radius 2 is 2.10 bits per heavy atom. The number of piperidine rings is 1. The minimum atomic E-state index is -0.947. The number of likely N-dealkylation sites (tertiary alicyclic amines) is 1. The summed E-state index contributed by atoms with van der Waals surface area (Å²) in [5.74, 6) is -1.28. The summed E-state index contributed by atoms with van der Waals surface area (Å²) in [6.45, 7) is 4.22. The number of nitrogen functional groups attached to an aromatic ring is 1. The first-order chi connectivity index (χ1) is 9.41. The molecule has 3 N–H and O–H groups in total. The number of carbonyl (C=O) groups excluding carboxylic acids is 1. The van der Waals surface area contributed by atoms with E-state index in [-0.39, 0.29) is 11.8 Å². The Labute approximate surface area is 118 Å². The van der Waals surface area contributed by atoms with Crippen LogP contribution < -0.4 is 5.73 Å². The number of rotatable bonds is 2. The summed E-state index contributed by atoms with van der Waals surface area (Å²) in [6.07, 6.45) is 1.65. The zero-order valence-corrected chi connectivity index (χ0v) is 11.8. The van der Waals surface area contributed by atoms with Crippen LogP contribution in [0, 0.1) is 12.8 Å². The van der Waals surface area contributed by atoms with Crippen molar-refractivity contribution in [2.24, 2.45) is 5.92 Å². The van der Waals surface area contributed by atoms with E-state index in [0.717, 1.165) is 18.4 Å². The summed E-state index contributed by atoms with van der Waals surface area (Å²) in [5, 5.41) is 9.37. The molecule has 1 aromatic rings. The van der Waals surface area contributed by atoms with Crippen LogP contribution in [-0.2, 0) is 4.79 Å². The standard InChI is InChI=1S/C15H20N2O3/c1-9-5-6-12(16)11(8-9)14(18)17-7-3-4-10(2)13(17)15(19)20/h5-6,8,10,13H,3-4,7,16H2,1-2H3,(H,19,20). The van der Waals surface area contributed by atoms with Gasteiger partial charge in [-0.1, -0.05) is 18.6 Å². The maximum atomic E-state index is 12.6. The second-order valence-electron chi connectivity index (χ2n) is 5.49. The predicted octanol–water partition coefficient (Wildman–Crippen LogP) is 1.90. The van der Waals surface area contributed by atoms with Gasteiger partial charge in [0.1, 0.15) is 6.04 Å². The molecular weight excluding hydrogens is 256 g/mol. The third kappa shape index (κ3) is 2.61. The van der Waals surface area contributed by atoms with Crippen molar-refractivity contribution in [1.82, 2.24) is 4.90 Å². The van der Waals surface area contributed by atoms with Gasteiger partial charge in [0.05, 0.1) is 5.56 Å². The molecule has 1 aliphatic rings. The lowest BCUT2D eigenvalue weighted by Gasteiger charge is -2.37. The van der Waals surface area contributed by atoms with Crippen molar-refractivity contribution in [2.75, 3.05) is 12.3 Å². The fraction of sp³-hybridized carbons (Fsp3) is 0.467. The van der Waals surface area contributed by atoms with Crippen molar-refractivity contribution in [3.05, 3.63) is 29.3 Å². The van der Waals surface area contributed by atoms with E-state index in [1.54, 1.807) is 12.1 Å².